The van der Waals surface area contributed by atoms with Gasteiger partial charge in [-0.1, -0.05) is 18.2 Å². The number of carbonyl (C=O) groups is 1. The largest absolute Gasteiger partial charge is 0.451 e. The lowest BCUT2D eigenvalue weighted by Crippen LogP contribution is -2.11. The van der Waals surface area contributed by atoms with Crippen LogP contribution in [0, 0.1) is 18.6 Å². The molecule has 0 aliphatic rings. The van der Waals surface area contributed by atoms with Gasteiger partial charge < -0.3 is 9.73 Å². The molecule has 3 rings (SSSR count). The second-order valence-corrected chi connectivity index (χ2v) is 5.06. The minimum absolute atomic E-state index is 0.0178. The molecule has 0 fully saturated rings. The monoisotopic (exact) mass is 313 g/mol. The van der Waals surface area contributed by atoms with E-state index in [0.717, 1.165) is 0 Å². The van der Waals surface area contributed by atoms with Crippen LogP contribution in [0.3, 0.4) is 0 Å². The summed E-state index contributed by atoms with van der Waals surface area (Å²) < 4.78 is 32.6. The Morgan fingerprint density at radius 1 is 1.00 bits per heavy atom. The number of halogens is 2. The molecule has 0 spiro atoms. The van der Waals surface area contributed by atoms with Crippen molar-refractivity contribution in [1.29, 1.82) is 0 Å². The molecule has 0 unspecified atom stereocenters. The number of aryl methyl sites for hydroxylation is 1. The summed E-state index contributed by atoms with van der Waals surface area (Å²) in [5.41, 5.74) is 1.08. The number of nitrogens with one attached hydrogen (secondary N) is 1. The lowest BCUT2D eigenvalue weighted by Gasteiger charge is -2.04. The van der Waals surface area contributed by atoms with Crippen molar-refractivity contribution < 1.29 is 18.0 Å². The predicted molar refractivity (Wildman–Crippen MR) is 83.2 cm³/mol. The van der Waals surface area contributed by atoms with E-state index < -0.39 is 17.5 Å². The summed E-state index contributed by atoms with van der Waals surface area (Å²) in [6.07, 6.45) is 0. The Kier molecular flexibility index (Phi) is 3.93. The predicted octanol–water partition coefficient (Wildman–Crippen LogP) is 4.79. The Labute approximate surface area is 131 Å². The summed E-state index contributed by atoms with van der Waals surface area (Å²) >= 11 is 0. The van der Waals surface area contributed by atoms with E-state index in [9.17, 15) is 13.6 Å². The maximum atomic E-state index is 13.7. The summed E-state index contributed by atoms with van der Waals surface area (Å²) in [4.78, 5) is 12.1. The fraction of sp³-hybridized carbons (Fsp3) is 0.0556. The van der Waals surface area contributed by atoms with E-state index >= 15 is 0 Å². The van der Waals surface area contributed by atoms with Gasteiger partial charge in [0.25, 0.3) is 5.91 Å². The van der Waals surface area contributed by atoms with Crippen molar-refractivity contribution in [2.45, 2.75) is 6.92 Å². The molecule has 0 radical (unpaired) electrons. The van der Waals surface area contributed by atoms with Gasteiger partial charge in [-0.15, -0.1) is 0 Å². The van der Waals surface area contributed by atoms with Gasteiger partial charge in [-0.05, 0) is 48.9 Å². The molecule has 0 atom stereocenters. The van der Waals surface area contributed by atoms with Crippen molar-refractivity contribution in [3.8, 4) is 11.3 Å². The van der Waals surface area contributed by atoms with Gasteiger partial charge in [0, 0.05) is 5.69 Å². The van der Waals surface area contributed by atoms with E-state index in [1.807, 2.05) is 0 Å². The van der Waals surface area contributed by atoms with E-state index in [-0.39, 0.29) is 17.1 Å². The molecule has 1 N–H and O–H groups in total. The molecule has 0 aliphatic carbocycles. The number of carbonyl (C=O) groups excluding carboxylic acids is 1. The van der Waals surface area contributed by atoms with Crippen LogP contribution < -0.4 is 5.32 Å². The first-order valence-corrected chi connectivity index (χ1v) is 6.97. The van der Waals surface area contributed by atoms with Crippen LogP contribution in [0.25, 0.3) is 11.3 Å². The topological polar surface area (TPSA) is 42.2 Å². The third-order valence-electron chi connectivity index (χ3n) is 3.40. The molecule has 0 saturated heterocycles. The van der Waals surface area contributed by atoms with Gasteiger partial charge in [-0.25, -0.2) is 8.78 Å². The molecule has 5 heteroatoms. The maximum absolute atomic E-state index is 13.7. The molecule has 2 aromatic carbocycles. The SMILES string of the molecule is Cc1ccc(NC(=O)c2ccc(-c3ccccc3F)o2)cc1F. The van der Waals surface area contributed by atoms with E-state index in [4.69, 9.17) is 4.42 Å². The molecule has 0 aliphatic heterocycles. The second-order valence-electron chi connectivity index (χ2n) is 5.06. The first kappa shape index (κ1) is 15.0. The van der Waals surface area contributed by atoms with Crippen LogP contribution in [0.5, 0.6) is 0 Å². The number of hydrogen-bond acceptors (Lipinski definition) is 2. The Balaban J connectivity index is 1.81. The number of anilines is 1. The van der Waals surface area contributed by atoms with Crippen LogP contribution in [0.15, 0.2) is 59.0 Å². The number of benzene rings is 2. The molecule has 23 heavy (non-hydrogen) atoms. The first-order chi connectivity index (χ1) is 11.0. The standard InChI is InChI=1S/C18H13F2NO2/c1-11-6-7-12(10-15(11)20)21-18(22)17-9-8-16(23-17)13-4-2-3-5-14(13)19/h2-10H,1H3,(H,21,22). The van der Waals surface area contributed by atoms with Crippen LogP contribution in [-0.4, -0.2) is 5.91 Å². The van der Waals surface area contributed by atoms with Crippen molar-refractivity contribution in [2.75, 3.05) is 5.32 Å². The minimum Gasteiger partial charge on any atom is -0.451 e. The Hall–Kier alpha value is -2.95. The number of rotatable bonds is 3. The molecule has 116 valence electrons. The Morgan fingerprint density at radius 3 is 2.52 bits per heavy atom. The van der Waals surface area contributed by atoms with Gasteiger partial charge in [0.1, 0.15) is 17.4 Å². The summed E-state index contributed by atoms with van der Waals surface area (Å²) in [7, 11) is 0. The summed E-state index contributed by atoms with van der Waals surface area (Å²) in [6.45, 7) is 1.63. The third-order valence-corrected chi connectivity index (χ3v) is 3.40. The van der Waals surface area contributed by atoms with E-state index in [0.29, 0.717) is 11.3 Å². The highest BCUT2D eigenvalue weighted by atomic mass is 19.1. The smallest absolute Gasteiger partial charge is 0.291 e. The fourth-order valence-corrected chi connectivity index (χ4v) is 2.13. The van der Waals surface area contributed by atoms with E-state index in [2.05, 4.69) is 5.32 Å². The van der Waals surface area contributed by atoms with E-state index in [1.165, 1.54) is 24.3 Å². The summed E-state index contributed by atoms with van der Waals surface area (Å²) in [6, 6.07) is 13.5. The highest BCUT2D eigenvalue weighted by molar-refractivity contribution is 6.02. The van der Waals surface area contributed by atoms with Crippen LogP contribution in [-0.2, 0) is 0 Å². The Morgan fingerprint density at radius 2 is 1.78 bits per heavy atom. The molecule has 1 aromatic heterocycles. The molecule has 3 nitrogen and oxygen atoms in total. The van der Waals surface area contributed by atoms with Gasteiger partial charge in [-0.3, -0.25) is 4.79 Å². The van der Waals surface area contributed by atoms with Crippen molar-refractivity contribution in [3.05, 3.63) is 77.6 Å². The molecular formula is C18H13F2NO2. The van der Waals surface area contributed by atoms with Gasteiger partial charge in [0.15, 0.2) is 5.76 Å². The zero-order chi connectivity index (χ0) is 16.4. The van der Waals surface area contributed by atoms with Crippen LogP contribution in [0.1, 0.15) is 16.1 Å². The highest BCUT2D eigenvalue weighted by Gasteiger charge is 2.14. The molecule has 1 heterocycles. The van der Waals surface area contributed by atoms with Crippen LogP contribution in [0.4, 0.5) is 14.5 Å². The first-order valence-electron chi connectivity index (χ1n) is 6.97. The van der Waals surface area contributed by atoms with Crippen LogP contribution in [0.2, 0.25) is 0 Å². The third kappa shape index (κ3) is 3.13. The normalized spacial score (nSPS) is 10.6. The highest BCUT2D eigenvalue weighted by Crippen LogP contribution is 2.25. The molecule has 1 amide bonds. The van der Waals surface area contributed by atoms with Gasteiger partial charge >= 0.3 is 0 Å². The lowest BCUT2D eigenvalue weighted by atomic mass is 10.1. The molecule has 0 saturated carbocycles. The second kappa shape index (κ2) is 6.04. The number of hydrogen-bond donors (Lipinski definition) is 1. The van der Waals surface area contributed by atoms with Crippen molar-refractivity contribution in [2.24, 2.45) is 0 Å². The zero-order valence-corrected chi connectivity index (χ0v) is 12.3. The van der Waals surface area contributed by atoms with Crippen molar-refractivity contribution >= 4 is 11.6 Å². The zero-order valence-electron chi connectivity index (χ0n) is 12.3. The summed E-state index contributed by atoms with van der Waals surface area (Å²) in [5, 5.41) is 2.54. The van der Waals surface area contributed by atoms with Crippen molar-refractivity contribution in [3.63, 3.8) is 0 Å². The van der Waals surface area contributed by atoms with Gasteiger partial charge in [0.05, 0.1) is 5.56 Å². The van der Waals surface area contributed by atoms with E-state index in [1.54, 1.807) is 37.3 Å². The molecule has 0 bridgehead atoms. The number of amides is 1. The number of furan rings is 1. The summed E-state index contributed by atoms with van der Waals surface area (Å²) in [5.74, 6) is -1.10. The average molecular weight is 313 g/mol. The molecular weight excluding hydrogens is 300 g/mol. The lowest BCUT2D eigenvalue weighted by molar-refractivity contribution is 0.0997. The minimum atomic E-state index is -0.532. The van der Waals surface area contributed by atoms with Crippen molar-refractivity contribution in [1.82, 2.24) is 0 Å². The van der Waals surface area contributed by atoms with Gasteiger partial charge in [0.2, 0.25) is 0 Å². The Bertz CT molecular complexity index is 871. The maximum Gasteiger partial charge on any atom is 0.291 e. The van der Waals surface area contributed by atoms with Crippen LogP contribution >= 0.6 is 0 Å². The average Bonchev–Trinajstić information content (AvgIpc) is 3.01. The fourth-order valence-electron chi connectivity index (χ4n) is 2.13. The molecule has 3 aromatic rings. The van der Waals surface area contributed by atoms with Gasteiger partial charge in [-0.2, -0.15) is 0 Å². The quantitative estimate of drug-likeness (QED) is 0.755.